The van der Waals surface area contributed by atoms with E-state index in [1.165, 1.54) is 11.1 Å². The molecule has 1 unspecified atom stereocenters. The molecule has 0 radical (unpaired) electrons. The number of thiophene rings is 1. The molecule has 0 amide bonds. The molecule has 3 aromatic rings. The van der Waals surface area contributed by atoms with E-state index in [1.807, 2.05) is 6.92 Å². The molecule has 1 N–H and O–H groups in total. The van der Waals surface area contributed by atoms with E-state index in [0.717, 1.165) is 54.6 Å². The Morgan fingerprint density at radius 2 is 1.85 bits per heavy atom. The number of anilines is 1. The van der Waals surface area contributed by atoms with Crippen LogP contribution in [0, 0.1) is 6.92 Å². The molecule has 0 spiro atoms. The summed E-state index contributed by atoms with van der Waals surface area (Å²) < 4.78 is 0. The second kappa shape index (κ2) is 7.92. The number of likely N-dealkylation sites (N-methyl/N-ethyl adjacent to an activating group) is 1. The highest BCUT2D eigenvalue weighted by Gasteiger charge is 2.20. The fourth-order valence-corrected chi connectivity index (χ4v) is 4.64. The van der Waals surface area contributed by atoms with Crippen molar-refractivity contribution in [1.29, 1.82) is 0 Å². The van der Waals surface area contributed by atoms with Gasteiger partial charge in [-0.15, -0.1) is 11.3 Å². The number of benzene rings is 1. The topological polar surface area (TPSA) is 44.3 Å². The smallest absolute Gasteiger partial charge is 0.139 e. The Bertz CT molecular complexity index is 900. The molecule has 2 aromatic heterocycles. The van der Waals surface area contributed by atoms with Crippen LogP contribution in [0.3, 0.4) is 0 Å². The van der Waals surface area contributed by atoms with Gasteiger partial charge in [0, 0.05) is 49.7 Å². The zero-order valence-electron chi connectivity index (χ0n) is 16.3. The number of hydrogen-bond acceptors (Lipinski definition) is 6. The summed E-state index contributed by atoms with van der Waals surface area (Å²) in [7, 11) is 2.20. The molecule has 1 aliphatic rings. The average Bonchev–Trinajstić information content (AvgIpc) is 3.11. The molecule has 1 atom stereocenters. The van der Waals surface area contributed by atoms with Crippen LogP contribution in [0.4, 0.5) is 5.82 Å². The molecule has 5 nitrogen and oxygen atoms in total. The monoisotopic (exact) mass is 381 g/mol. The van der Waals surface area contributed by atoms with Gasteiger partial charge in [0.05, 0.1) is 5.39 Å². The van der Waals surface area contributed by atoms with Gasteiger partial charge in [-0.2, -0.15) is 0 Å². The fourth-order valence-electron chi connectivity index (χ4n) is 3.64. The van der Waals surface area contributed by atoms with Crippen molar-refractivity contribution in [3.8, 4) is 11.1 Å². The first-order valence-corrected chi connectivity index (χ1v) is 10.5. The molecule has 1 aromatic carbocycles. The van der Waals surface area contributed by atoms with E-state index >= 15 is 0 Å². The molecule has 1 fully saturated rings. The van der Waals surface area contributed by atoms with Crippen LogP contribution in [0.15, 0.2) is 35.7 Å². The molecule has 3 heterocycles. The van der Waals surface area contributed by atoms with Crippen molar-refractivity contribution in [1.82, 2.24) is 19.8 Å². The lowest BCUT2D eigenvalue weighted by Gasteiger charge is -2.36. The summed E-state index contributed by atoms with van der Waals surface area (Å²) in [5.74, 6) is 1.78. The Morgan fingerprint density at radius 1 is 1.11 bits per heavy atom. The van der Waals surface area contributed by atoms with Crippen LogP contribution in [0.2, 0.25) is 0 Å². The second-order valence-corrected chi connectivity index (χ2v) is 8.24. The van der Waals surface area contributed by atoms with E-state index in [0.29, 0.717) is 6.04 Å². The van der Waals surface area contributed by atoms with E-state index in [1.54, 1.807) is 11.3 Å². The lowest BCUT2D eigenvalue weighted by molar-refractivity contribution is 0.123. The second-order valence-electron chi connectivity index (χ2n) is 7.38. The van der Waals surface area contributed by atoms with Gasteiger partial charge in [-0.3, -0.25) is 4.90 Å². The Kier molecular flexibility index (Phi) is 5.38. The Hall–Kier alpha value is -2.02. The van der Waals surface area contributed by atoms with E-state index in [4.69, 9.17) is 4.98 Å². The minimum atomic E-state index is 0.475. The summed E-state index contributed by atoms with van der Waals surface area (Å²) in [5, 5.41) is 6.97. The largest absolute Gasteiger partial charge is 0.368 e. The first kappa shape index (κ1) is 18.3. The van der Waals surface area contributed by atoms with Crippen molar-refractivity contribution in [2.24, 2.45) is 0 Å². The molecule has 1 aliphatic heterocycles. The maximum Gasteiger partial charge on any atom is 0.139 e. The Balaban J connectivity index is 1.58. The van der Waals surface area contributed by atoms with Gasteiger partial charge < -0.3 is 10.2 Å². The van der Waals surface area contributed by atoms with E-state index < -0.39 is 0 Å². The Morgan fingerprint density at radius 3 is 2.59 bits per heavy atom. The highest BCUT2D eigenvalue weighted by molar-refractivity contribution is 7.17. The van der Waals surface area contributed by atoms with E-state index in [9.17, 15) is 0 Å². The van der Waals surface area contributed by atoms with Crippen LogP contribution in [0.5, 0.6) is 0 Å². The molecule has 1 saturated heterocycles. The summed E-state index contributed by atoms with van der Waals surface area (Å²) in [6, 6.07) is 11.0. The van der Waals surface area contributed by atoms with Crippen molar-refractivity contribution in [3.05, 3.63) is 41.5 Å². The average molecular weight is 382 g/mol. The predicted molar refractivity (Wildman–Crippen MR) is 115 cm³/mol. The van der Waals surface area contributed by atoms with Crippen LogP contribution in [0.25, 0.3) is 21.3 Å². The molecule has 0 saturated carbocycles. The lowest BCUT2D eigenvalue weighted by atomic mass is 10.1. The summed E-state index contributed by atoms with van der Waals surface area (Å²) in [4.78, 5) is 15.4. The quantitative estimate of drug-likeness (QED) is 0.730. The van der Waals surface area contributed by atoms with Crippen molar-refractivity contribution < 1.29 is 0 Å². The summed E-state index contributed by atoms with van der Waals surface area (Å²) in [6.45, 7) is 9.70. The molecule has 4 rings (SSSR count). The van der Waals surface area contributed by atoms with E-state index in [2.05, 4.69) is 69.8 Å². The maximum atomic E-state index is 4.75. The zero-order chi connectivity index (χ0) is 18.8. The lowest BCUT2D eigenvalue weighted by Crippen LogP contribution is -2.49. The van der Waals surface area contributed by atoms with Gasteiger partial charge in [-0.1, -0.05) is 30.3 Å². The van der Waals surface area contributed by atoms with Gasteiger partial charge >= 0.3 is 0 Å². The maximum absolute atomic E-state index is 4.75. The van der Waals surface area contributed by atoms with Crippen LogP contribution >= 0.6 is 11.3 Å². The SMILES string of the molecule is Cc1nc(NCC(C)N2CCN(C)CC2)c2c(-c3ccccc3)csc2n1. The van der Waals surface area contributed by atoms with Gasteiger partial charge in [0.15, 0.2) is 0 Å². The molecular weight excluding hydrogens is 354 g/mol. The number of piperazine rings is 1. The first-order valence-electron chi connectivity index (χ1n) is 9.59. The van der Waals surface area contributed by atoms with Crippen LogP contribution < -0.4 is 5.32 Å². The van der Waals surface area contributed by atoms with Crippen molar-refractivity contribution in [2.45, 2.75) is 19.9 Å². The van der Waals surface area contributed by atoms with Gasteiger partial charge in [-0.25, -0.2) is 9.97 Å². The van der Waals surface area contributed by atoms with Gasteiger partial charge in [0.2, 0.25) is 0 Å². The number of nitrogens with zero attached hydrogens (tertiary/aromatic N) is 4. The van der Waals surface area contributed by atoms with E-state index in [-0.39, 0.29) is 0 Å². The molecule has 6 heteroatoms. The number of nitrogens with one attached hydrogen (secondary N) is 1. The third-order valence-electron chi connectivity index (χ3n) is 5.36. The van der Waals surface area contributed by atoms with Gasteiger partial charge in [-0.05, 0) is 26.5 Å². The molecule has 142 valence electrons. The van der Waals surface area contributed by atoms with Crippen molar-refractivity contribution in [2.75, 3.05) is 45.1 Å². The van der Waals surface area contributed by atoms with Crippen LogP contribution in [0.1, 0.15) is 12.7 Å². The molecule has 0 aliphatic carbocycles. The van der Waals surface area contributed by atoms with Gasteiger partial charge in [0.25, 0.3) is 0 Å². The minimum absolute atomic E-state index is 0.475. The molecule has 0 bridgehead atoms. The van der Waals surface area contributed by atoms with Crippen molar-refractivity contribution in [3.63, 3.8) is 0 Å². The Labute approximate surface area is 165 Å². The van der Waals surface area contributed by atoms with Crippen LogP contribution in [-0.4, -0.2) is 65.6 Å². The minimum Gasteiger partial charge on any atom is -0.368 e. The standard InChI is InChI=1S/C21H27N5S/c1-15(26-11-9-25(3)10-12-26)13-22-20-19-18(17-7-5-4-6-8-17)14-27-21(19)24-16(2)23-20/h4-8,14-15H,9-13H2,1-3H3,(H,22,23,24). The number of fused-ring (bicyclic) bond motifs is 1. The predicted octanol–water partition coefficient (Wildman–Crippen LogP) is 3.71. The number of aryl methyl sites for hydroxylation is 1. The summed E-state index contributed by atoms with van der Waals surface area (Å²) in [6.07, 6.45) is 0. The highest BCUT2D eigenvalue weighted by atomic mass is 32.1. The van der Waals surface area contributed by atoms with Crippen molar-refractivity contribution >= 4 is 27.4 Å². The van der Waals surface area contributed by atoms with Crippen LogP contribution in [-0.2, 0) is 0 Å². The highest BCUT2D eigenvalue weighted by Crippen LogP contribution is 2.36. The third kappa shape index (κ3) is 3.98. The first-order chi connectivity index (χ1) is 13.1. The number of aromatic nitrogens is 2. The summed E-state index contributed by atoms with van der Waals surface area (Å²) in [5.41, 5.74) is 2.43. The fraction of sp³-hybridized carbons (Fsp3) is 0.429. The summed E-state index contributed by atoms with van der Waals surface area (Å²) >= 11 is 1.69. The zero-order valence-corrected chi connectivity index (χ0v) is 17.1. The molecular formula is C21H27N5S. The number of hydrogen-bond donors (Lipinski definition) is 1. The van der Waals surface area contributed by atoms with Gasteiger partial charge in [0.1, 0.15) is 16.5 Å². The number of rotatable bonds is 5. The normalized spacial score (nSPS) is 17.3. The molecule has 27 heavy (non-hydrogen) atoms. The third-order valence-corrected chi connectivity index (χ3v) is 6.23.